The van der Waals surface area contributed by atoms with E-state index >= 15 is 0 Å². The average Bonchev–Trinajstić information content (AvgIpc) is 2.99. The zero-order valence-electron chi connectivity index (χ0n) is 16.8. The number of anilines is 1. The Morgan fingerprint density at radius 3 is 2.23 bits per heavy atom. The van der Waals surface area contributed by atoms with Crippen LogP contribution < -0.4 is 10.6 Å². The zero-order chi connectivity index (χ0) is 22.0. The van der Waals surface area contributed by atoms with Crippen molar-refractivity contribution in [2.45, 2.75) is 12.5 Å². The summed E-state index contributed by atoms with van der Waals surface area (Å²) in [7, 11) is 0. The standard InChI is InChI=1S/C24H20ClN3O3/c1-24(19-9-5-6-10-20(19)25)22(30)28(23(31)27-24)15-21(29)26-18-13-11-17(12-14-18)16-7-3-2-4-8-16/h2-14H,15H2,1H3,(H,26,29)(H,27,31)/t24-/m1/s1. The van der Waals surface area contributed by atoms with Crippen molar-refractivity contribution in [3.63, 3.8) is 0 Å². The molecule has 4 amide bonds. The highest BCUT2D eigenvalue weighted by atomic mass is 35.5. The lowest BCUT2D eigenvalue weighted by Gasteiger charge is -2.23. The quantitative estimate of drug-likeness (QED) is 0.585. The average molecular weight is 434 g/mol. The summed E-state index contributed by atoms with van der Waals surface area (Å²) in [4.78, 5) is 38.8. The molecule has 1 heterocycles. The fourth-order valence-corrected chi connectivity index (χ4v) is 3.94. The van der Waals surface area contributed by atoms with Gasteiger partial charge < -0.3 is 10.6 Å². The normalized spacial score (nSPS) is 18.1. The lowest BCUT2D eigenvalue weighted by molar-refractivity contribution is -0.133. The molecule has 0 spiro atoms. The fraction of sp³-hybridized carbons (Fsp3) is 0.125. The minimum Gasteiger partial charge on any atom is -0.325 e. The van der Waals surface area contributed by atoms with Gasteiger partial charge in [-0.25, -0.2) is 4.79 Å². The molecule has 0 saturated carbocycles. The summed E-state index contributed by atoms with van der Waals surface area (Å²) in [5.74, 6) is -1.00. The van der Waals surface area contributed by atoms with Crippen molar-refractivity contribution >= 4 is 35.1 Å². The summed E-state index contributed by atoms with van der Waals surface area (Å²) in [6, 6.07) is 23.4. The molecule has 1 aliphatic rings. The lowest BCUT2D eigenvalue weighted by Crippen LogP contribution is -2.42. The van der Waals surface area contributed by atoms with E-state index in [2.05, 4.69) is 10.6 Å². The van der Waals surface area contributed by atoms with Crippen molar-refractivity contribution in [3.8, 4) is 11.1 Å². The van der Waals surface area contributed by atoms with Crippen LogP contribution in [0.5, 0.6) is 0 Å². The van der Waals surface area contributed by atoms with E-state index in [1.54, 1.807) is 43.3 Å². The molecule has 1 aliphatic heterocycles. The third-order valence-electron chi connectivity index (χ3n) is 5.27. The van der Waals surface area contributed by atoms with Crippen LogP contribution in [0.4, 0.5) is 10.5 Å². The van der Waals surface area contributed by atoms with Crippen LogP contribution in [-0.4, -0.2) is 29.3 Å². The highest BCUT2D eigenvalue weighted by molar-refractivity contribution is 6.32. The topological polar surface area (TPSA) is 78.5 Å². The first kappa shape index (κ1) is 20.6. The van der Waals surface area contributed by atoms with Crippen LogP contribution >= 0.6 is 11.6 Å². The molecule has 6 nitrogen and oxygen atoms in total. The van der Waals surface area contributed by atoms with Gasteiger partial charge in [-0.15, -0.1) is 0 Å². The first-order chi connectivity index (χ1) is 14.9. The third kappa shape index (κ3) is 4.02. The SMILES string of the molecule is C[C@]1(c2ccccc2Cl)NC(=O)N(CC(=O)Nc2ccc(-c3ccccc3)cc2)C1=O. The number of nitrogens with zero attached hydrogens (tertiary/aromatic N) is 1. The molecule has 1 saturated heterocycles. The lowest BCUT2D eigenvalue weighted by atomic mass is 9.92. The Labute approximate surface area is 184 Å². The third-order valence-corrected chi connectivity index (χ3v) is 5.59. The van der Waals surface area contributed by atoms with Gasteiger partial charge in [0.15, 0.2) is 0 Å². The maximum Gasteiger partial charge on any atom is 0.325 e. The van der Waals surface area contributed by atoms with E-state index in [4.69, 9.17) is 11.6 Å². The summed E-state index contributed by atoms with van der Waals surface area (Å²) < 4.78 is 0. The number of benzene rings is 3. The molecular weight excluding hydrogens is 414 g/mol. The van der Waals surface area contributed by atoms with Crippen molar-refractivity contribution in [1.29, 1.82) is 0 Å². The molecule has 7 heteroatoms. The van der Waals surface area contributed by atoms with Crippen LogP contribution in [0.1, 0.15) is 12.5 Å². The van der Waals surface area contributed by atoms with Crippen molar-refractivity contribution < 1.29 is 14.4 Å². The molecule has 0 bridgehead atoms. The van der Waals surface area contributed by atoms with Crippen molar-refractivity contribution in [1.82, 2.24) is 10.2 Å². The van der Waals surface area contributed by atoms with Crippen molar-refractivity contribution in [3.05, 3.63) is 89.4 Å². The number of hydrogen-bond acceptors (Lipinski definition) is 3. The largest absolute Gasteiger partial charge is 0.325 e. The van der Waals surface area contributed by atoms with Crippen LogP contribution in [0.2, 0.25) is 5.02 Å². The molecule has 3 aromatic rings. The van der Waals surface area contributed by atoms with Crippen LogP contribution in [0.15, 0.2) is 78.9 Å². The van der Waals surface area contributed by atoms with Gasteiger partial charge in [-0.2, -0.15) is 0 Å². The molecule has 4 rings (SSSR count). The maximum absolute atomic E-state index is 13.0. The van der Waals surface area contributed by atoms with E-state index in [0.29, 0.717) is 16.3 Å². The summed E-state index contributed by atoms with van der Waals surface area (Å²) in [5, 5.41) is 5.75. The van der Waals surface area contributed by atoms with E-state index in [1.807, 2.05) is 42.5 Å². The van der Waals surface area contributed by atoms with Gasteiger partial charge >= 0.3 is 6.03 Å². The number of halogens is 1. The van der Waals surface area contributed by atoms with Gasteiger partial charge in [0.05, 0.1) is 0 Å². The van der Waals surface area contributed by atoms with Gasteiger partial charge in [0.2, 0.25) is 5.91 Å². The highest BCUT2D eigenvalue weighted by Crippen LogP contribution is 2.33. The smallest absolute Gasteiger partial charge is 0.325 e. The van der Waals surface area contributed by atoms with Crippen molar-refractivity contribution in [2.75, 3.05) is 11.9 Å². The minimum atomic E-state index is -1.33. The number of imide groups is 1. The Balaban J connectivity index is 1.45. The van der Waals surface area contributed by atoms with Crippen LogP contribution in [0.3, 0.4) is 0 Å². The molecule has 0 aliphatic carbocycles. The minimum absolute atomic E-state index is 0.364. The fourth-order valence-electron chi connectivity index (χ4n) is 3.61. The molecular formula is C24H20ClN3O3. The summed E-state index contributed by atoms with van der Waals surface area (Å²) in [5.41, 5.74) is 1.81. The molecule has 0 radical (unpaired) electrons. The number of carbonyl (C=O) groups excluding carboxylic acids is 3. The van der Waals surface area contributed by atoms with Gasteiger partial charge in [0.1, 0.15) is 12.1 Å². The van der Waals surface area contributed by atoms with E-state index in [-0.39, 0.29) is 0 Å². The monoisotopic (exact) mass is 433 g/mol. The number of rotatable bonds is 5. The number of carbonyl (C=O) groups is 3. The molecule has 0 aromatic heterocycles. The highest BCUT2D eigenvalue weighted by Gasteiger charge is 2.50. The second-order valence-electron chi connectivity index (χ2n) is 7.42. The van der Waals surface area contributed by atoms with E-state index in [0.717, 1.165) is 16.0 Å². The second-order valence-corrected chi connectivity index (χ2v) is 7.83. The molecule has 156 valence electrons. The van der Waals surface area contributed by atoms with Gasteiger partial charge in [0, 0.05) is 16.3 Å². The molecule has 31 heavy (non-hydrogen) atoms. The van der Waals surface area contributed by atoms with Crippen LogP contribution in [-0.2, 0) is 15.1 Å². The summed E-state index contributed by atoms with van der Waals surface area (Å²) in [6.45, 7) is 1.18. The number of amides is 4. The molecule has 0 unspecified atom stereocenters. The Morgan fingerprint density at radius 2 is 1.55 bits per heavy atom. The first-order valence-corrected chi connectivity index (χ1v) is 10.1. The Kier molecular flexibility index (Phi) is 5.48. The Morgan fingerprint density at radius 1 is 0.935 bits per heavy atom. The predicted molar refractivity (Wildman–Crippen MR) is 120 cm³/mol. The van der Waals surface area contributed by atoms with Gasteiger partial charge in [-0.05, 0) is 36.2 Å². The number of hydrogen-bond donors (Lipinski definition) is 2. The van der Waals surface area contributed by atoms with Gasteiger partial charge in [-0.1, -0.05) is 72.3 Å². The molecule has 3 aromatic carbocycles. The summed E-state index contributed by atoms with van der Waals surface area (Å²) >= 11 is 6.22. The Hall–Kier alpha value is -3.64. The van der Waals surface area contributed by atoms with E-state index < -0.39 is 29.9 Å². The second kappa shape index (κ2) is 8.24. The van der Waals surface area contributed by atoms with E-state index in [1.165, 1.54) is 0 Å². The number of nitrogens with one attached hydrogen (secondary N) is 2. The van der Waals surface area contributed by atoms with Crippen LogP contribution in [0.25, 0.3) is 11.1 Å². The summed E-state index contributed by atoms with van der Waals surface area (Å²) in [6.07, 6.45) is 0. The first-order valence-electron chi connectivity index (χ1n) is 9.73. The molecule has 2 N–H and O–H groups in total. The van der Waals surface area contributed by atoms with Crippen molar-refractivity contribution in [2.24, 2.45) is 0 Å². The predicted octanol–water partition coefficient (Wildman–Crippen LogP) is 4.41. The molecule has 1 fully saturated rings. The molecule has 1 atom stereocenters. The van der Waals surface area contributed by atoms with E-state index in [9.17, 15) is 14.4 Å². The van der Waals surface area contributed by atoms with Crippen LogP contribution in [0, 0.1) is 0 Å². The van der Waals surface area contributed by atoms with Gasteiger partial charge in [0.25, 0.3) is 5.91 Å². The zero-order valence-corrected chi connectivity index (χ0v) is 17.5. The maximum atomic E-state index is 13.0. The Bertz CT molecular complexity index is 1150. The number of urea groups is 1. The van der Waals surface area contributed by atoms with Gasteiger partial charge in [-0.3, -0.25) is 14.5 Å².